The first kappa shape index (κ1) is 18.3. The molecule has 1 aromatic carbocycles. The highest BCUT2D eigenvalue weighted by Gasteiger charge is 2.17. The quantitative estimate of drug-likeness (QED) is 0.619. The molecule has 0 fully saturated rings. The molecule has 134 valence electrons. The molecule has 1 N–H and O–H groups in total. The van der Waals surface area contributed by atoms with E-state index in [2.05, 4.69) is 10.3 Å². The third-order valence-corrected chi connectivity index (χ3v) is 5.45. The molecular weight excluding hydrogens is 368 g/mol. The number of nitrogens with zero attached hydrogens (tertiary/aromatic N) is 1. The number of Topliss-reactive ketones (excluding diaryl/α,β-unsaturated/α-hetero) is 1. The molecule has 1 amide bonds. The van der Waals surface area contributed by atoms with Crippen molar-refractivity contribution in [1.29, 1.82) is 0 Å². The Morgan fingerprint density at radius 3 is 2.50 bits per heavy atom. The van der Waals surface area contributed by atoms with Gasteiger partial charge >= 0.3 is 0 Å². The van der Waals surface area contributed by atoms with Crippen LogP contribution in [-0.2, 0) is 4.79 Å². The number of hydrogen-bond donors (Lipinski definition) is 1. The molecule has 2 heterocycles. The van der Waals surface area contributed by atoms with E-state index in [-0.39, 0.29) is 11.7 Å². The van der Waals surface area contributed by atoms with E-state index in [1.165, 1.54) is 23.1 Å². The number of nitrogens with one attached hydrogen (secondary N) is 1. The van der Waals surface area contributed by atoms with Crippen molar-refractivity contribution in [2.24, 2.45) is 0 Å². The Bertz CT molecular complexity index is 928. The van der Waals surface area contributed by atoms with Crippen LogP contribution in [0.4, 0.5) is 5.13 Å². The van der Waals surface area contributed by atoms with Crippen LogP contribution in [-0.4, -0.2) is 22.8 Å². The average Bonchev–Trinajstić information content (AvgIpc) is 3.24. The molecule has 0 aliphatic heterocycles. The number of aryl methyl sites for hydroxylation is 1. The number of amides is 1. The number of hydrogen-bond acceptors (Lipinski definition) is 6. The zero-order valence-electron chi connectivity index (χ0n) is 14.6. The van der Waals surface area contributed by atoms with Crippen LogP contribution in [0.3, 0.4) is 0 Å². The van der Waals surface area contributed by atoms with Gasteiger partial charge in [-0.15, -0.1) is 22.7 Å². The van der Waals surface area contributed by atoms with Crippen molar-refractivity contribution in [1.82, 2.24) is 4.98 Å². The zero-order chi connectivity index (χ0) is 18.7. The van der Waals surface area contributed by atoms with Gasteiger partial charge in [-0.1, -0.05) is 0 Å². The summed E-state index contributed by atoms with van der Waals surface area (Å²) >= 11 is 3.05. The molecule has 1 unspecified atom stereocenters. The molecule has 0 aliphatic carbocycles. The number of ketones is 1. The Balaban J connectivity index is 1.60. The lowest BCUT2D eigenvalue weighted by Gasteiger charge is -2.13. The van der Waals surface area contributed by atoms with Crippen molar-refractivity contribution in [3.05, 3.63) is 52.2 Å². The summed E-state index contributed by atoms with van der Waals surface area (Å²) < 4.78 is 5.63. The van der Waals surface area contributed by atoms with E-state index in [1.807, 2.05) is 24.4 Å². The van der Waals surface area contributed by atoms with Gasteiger partial charge in [-0.25, -0.2) is 4.98 Å². The highest BCUT2D eigenvalue weighted by Crippen LogP contribution is 2.30. The Morgan fingerprint density at radius 1 is 1.15 bits per heavy atom. The number of aromatic nitrogens is 1. The second-order valence-electron chi connectivity index (χ2n) is 5.78. The minimum atomic E-state index is -0.686. The molecule has 2 aromatic heterocycles. The van der Waals surface area contributed by atoms with Crippen LogP contribution in [0.5, 0.6) is 5.75 Å². The number of carbonyl (C=O) groups is 2. The fraction of sp³-hybridized carbons (Fsp3) is 0.211. The molecule has 0 aliphatic rings. The molecule has 26 heavy (non-hydrogen) atoms. The summed E-state index contributed by atoms with van der Waals surface area (Å²) in [6.07, 6.45) is -0.686. The normalized spacial score (nSPS) is 11.8. The monoisotopic (exact) mass is 386 g/mol. The van der Waals surface area contributed by atoms with Gasteiger partial charge in [-0.3, -0.25) is 14.9 Å². The van der Waals surface area contributed by atoms with Crippen LogP contribution in [0.15, 0.2) is 41.8 Å². The lowest BCUT2D eigenvalue weighted by Crippen LogP contribution is -2.30. The summed E-state index contributed by atoms with van der Waals surface area (Å²) in [5.74, 6) is 0.248. The number of thiophene rings is 1. The summed E-state index contributed by atoms with van der Waals surface area (Å²) in [7, 11) is 0. The van der Waals surface area contributed by atoms with E-state index in [1.54, 1.807) is 42.5 Å². The topological polar surface area (TPSA) is 68.3 Å². The number of carbonyl (C=O) groups excluding carboxylic acids is 2. The number of benzene rings is 1. The molecule has 5 nitrogen and oxygen atoms in total. The largest absolute Gasteiger partial charge is 0.481 e. The smallest absolute Gasteiger partial charge is 0.266 e. The number of thiazole rings is 1. The van der Waals surface area contributed by atoms with Gasteiger partial charge in [-0.2, -0.15) is 0 Å². The minimum Gasteiger partial charge on any atom is -0.481 e. The first-order valence-corrected chi connectivity index (χ1v) is 9.73. The lowest BCUT2D eigenvalue weighted by molar-refractivity contribution is -0.122. The Hall–Kier alpha value is -2.51. The molecule has 7 heteroatoms. The Kier molecular flexibility index (Phi) is 5.49. The molecular formula is C19H18N2O3S2. The molecule has 1 atom stereocenters. The van der Waals surface area contributed by atoms with Crippen LogP contribution >= 0.6 is 22.7 Å². The third kappa shape index (κ3) is 4.36. The van der Waals surface area contributed by atoms with E-state index in [9.17, 15) is 9.59 Å². The molecule has 0 saturated heterocycles. The maximum atomic E-state index is 12.3. The summed E-state index contributed by atoms with van der Waals surface area (Å²) in [5.41, 5.74) is 1.46. The van der Waals surface area contributed by atoms with Gasteiger partial charge in [0.2, 0.25) is 0 Å². The van der Waals surface area contributed by atoms with Gasteiger partial charge in [0.15, 0.2) is 17.0 Å². The maximum Gasteiger partial charge on any atom is 0.266 e. The maximum absolute atomic E-state index is 12.3. The number of rotatable bonds is 6. The molecule has 0 spiro atoms. The zero-order valence-corrected chi connectivity index (χ0v) is 16.2. The van der Waals surface area contributed by atoms with Crippen LogP contribution < -0.4 is 10.1 Å². The highest BCUT2D eigenvalue weighted by atomic mass is 32.1. The first-order valence-electron chi connectivity index (χ1n) is 8.03. The second-order valence-corrected chi connectivity index (χ2v) is 7.92. The second kappa shape index (κ2) is 7.80. The summed E-state index contributed by atoms with van der Waals surface area (Å²) in [4.78, 5) is 30.4. The van der Waals surface area contributed by atoms with Crippen LogP contribution in [0, 0.1) is 6.92 Å². The first-order chi connectivity index (χ1) is 12.4. The summed E-state index contributed by atoms with van der Waals surface area (Å²) in [6.45, 7) is 5.22. The van der Waals surface area contributed by atoms with E-state index < -0.39 is 6.10 Å². The van der Waals surface area contributed by atoms with E-state index in [0.717, 1.165) is 10.6 Å². The van der Waals surface area contributed by atoms with Crippen LogP contribution in [0.25, 0.3) is 10.6 Å². The van der Waals surface area contributed by atoms with Crippen molar-refractivity contribution in [2.75, 3.05) is 5.32 Å². The standard InChI is InChI=1S/C19H18N2O3S2/c1-11-4-9-17(26-11)16-10-25-19(20-16)21-18(23)13(3)24-15-7-5-14(6-8-15)12(2)22/h4-10,13H,1-3H3,(H,20,21,23). The number of ether oxygens (including phenoxy) is 1. The van der Waals surface area contributed by atoms with Crippen molar-refractivity contribution >= 4 is 39.5 Å². The predicted octanol–water partition coefficient (Wildman–Crippen LogP) is 4.79. The van der Waals surface area contributed by atoms with Crippen molar-refractivity contribution in [3.8, 4) is 16.3 Å². The van der Waals surface area contributed by atoms with E-state index >= 15 is 0 Å². The van der Waals surface area contributed by atoms with Gasteiger partial charge in [0.25, 0.3) is 5.91 Å². The molecule has 0 bridgehead atoms. The van der Waals surface area contributed by atoms with E-state index in [4.69, 9.17) is 4.74 Å². The fourth-order valence-electron chi connectivity index (χ4n) is 2.25. The fourth-order valence-corrected chi connectivity index (χ4v) is 3.87. The van der Waals surface area contributed by atoms with Crippen molar-refractivity contribution in [2.45, 2.75) is 26.9 Å². The molecule has 0 saturated carbocycles. The molecule has 3 aromatic rings. The van der Waals surface area contributed by atoms with Crippen molar-refractivity contribution in [3.63, 3.8) is 0 Å². The molecule has 0 radical (unpaired) electrons. The Labute approximate surface area is 159 Å². The van der Waals surface area contributed by atoms with Gasteiger partial charge in [0.1, 0.15) is 5.75 Å². The summed E-state index contributed by atoms with van der Waals surface area (Å²) in [5, 5.41) is 5.25. The average molecular weight is 386 g/mol. The Morgan fingerprint density at radius 2 is 1.88 bits per heavy atom. The van der Waals surface area contributed by atoms with Gasteiger partial charge < -0.3 is 4.74 Å². The van der Waals surface area contributed by atoms with Gasteiger partial charge in [0.05, 0.1) is 10.6 Å². The third-order valence-electron chi connectivity index (χ3n) is 3.67. The summed E-state index contributed by atoms with van der Waals surface area (Å²) in [6, 6.07) is 10.8. The molecule has 3 rings (SSSR count). The van der Waals surface area contributed by atoms with Gasteiger partial charge in [-0.05, 0) is 57.2 Å². The predicted molar refractivity (Wildman–Crippen MR) is 105 cm³/mol. The van der Waals surface area contributed by atoms with Gasteiger partial charge in [0, 0.05) is 15.8 Å². The lowest BCUT2D eigenvalue weighted by atomic mass is 10.1. The minimum absolute atomic E-state index is 0.0113. The van der Waals surface area contributed by atoms with Crippen LogP contribution in [0.1, 0.15) is 29.1 Å². The van der Waals surface area contributed by atoms with Crippen molar-refractivity contribution < 1.29 is 14.3 Å². The SMILES string of the molecule is CC(=O)c1ccc(OC(C)C(=O)Nc2nc(-c3ccc(C)s3)cs2)cc1. The number of anilines is 1. The highest BCUT2D eigenvalue weighted by molar-refractivity contribution is 7.17. The van der Waals surface area contributed by atoms with E-state index in [0.29, 0.717) is 16.4 Å². The van der Waals surface area contributed by atoms with Crippen LogP contribution in [0.2, 0.25) is 0 Å².